The lowest BCUT2D eigenvalue weighted by Gasteiger charge is -2.23. The number of rotatable bonds is 2. The molecular weight excluding hydrogens is 370 g/mol. The smallest absolute Gasteiger partial charge is 0.123 e. The zero-order chi connectivity index (χ0) is 18.4. The third kappa shape index (κ3) is 3.05. The van der Waals surface area contributed by atoms with Gasteiger partial charge in [0.15, 0.2) is 0 Å². The molecule has 4 rings (SSSR count). The monoisotopic (exact) mass is 388 g/mol. The van der Waals surface area contributed by atoms with Crippen LogP contribution in [0.4, 0.5) is 4.39 Å². The van der Waals surface area contributed by atoms with Crippen LogP contribution in [-0.2, 0) is 13.0 Å². The van der Waals surface area contributed by atoms with Crippen molar-refractivity contribution in [2.24, 2.45) is 0 Å². The van der Waals surface area contributed by atoms with Crippen molar-refractivity contribution < 1.29 is 4.39 Å². The summed E-state index contributed by atoms with van der Waals surface area (Å²) in [6, 6.07) is 10.5. The number of nitrogens with zero attached hydrogens (tertiary/aromatic N) is 2. The zero-order valence-corrected chi connectivity index (χ0v) is 16.2. The molecule has 0 atom stereocenters. The summed E-state index contributed by atoms with van der Waals surface area (Å²) in [4.78, 5) is 2.31. The number of hydrogen-bond donors (Lipinski definition) is 0. The summed E-state index contributed by atoms with van der Waals surface area (Å²) in [5.41, 5.74) is 5.71. The van der Waals surface area contributed by atoms with Gasteiger partial charge in [0.1, 0.15) is 5.82 Å². The summed E-state index contributed by atoms with van der Waals surface area (Å²) in [5.74, 6) is -0.227. The van der Waals surface area contributed by atoms with Gasteiger partial charge in [-0.3, -0.25) is 0 Å². The Balaban J connectivity index is 1.93. The molecule has 5 heteroatoms. The molecular formula is C21H19Cl2FN2. The second kappa shape index (κ2) is 6.73. The van der Waals surface area contributed by atoms with Crippen molar-refractivity contribution in [1.29, 1.82) is 0 Å². The van der Waals surface area contributed by atoms with Crippen LogP contribution in [0.2, 0.25) is 10.0 Å². The van der Waals surface area contributed by atoms with E-state index in [1.165, 1.54) is 23.4 Å². The van der Waals surface area contributed by atoms with Gasteiger partial charge in [-0.25, -0.2) is 4.39 Å². The second-order valence-electron chi connectivity index (χ2n) is 6.89. The van der Waals surface area contributed by atoms with Crippen LogP contribution in [0, 0.1) is 5.82 Å². The molecule has 0 bridgehead atoms. The van der Waals surface area contributed by atoms with Crippen molar-refractivity contribution in [1.82, 2.24) is 9.47 Å². The molecule has 0 spiro atoms. The highest BCUT2D eigenvalue weighted by molar-refractivity contribution is 6.42. The van der Waals surface area contributed by atoms with Gasteiger partial charge in [-0.15, -0.1) is 0 Å². The first-order chi connectivity index (χ1) is 12.4. The van der Waals surface area contributed by atoms with E-state index < -0.39 is 0 Å². The molecule has 0 unspecified atom stereocenters. The van der Waals surface area contributed by atoms with Crippen molar-refractivity contribution in [3.8, 4) is 0 Å². The van der Waals surface area contributed by atoms with Gasteiger partial charge in [-0.05, 0) is 54.9 Å². The fraction of sp³-hybridized carbons (Fsp3) is 0.238. The molecule has 0 aliphatic carbocycles. The number of likely N-dealkylation sites (N-methyl/N-ethyl adjacent to an activating group) is 1. The fourth-order valence-electron chi connectivity index (χ4n) is 3.65. The largest absolute Gasteiger partial charge is 0.320 e. The van der Waals surface area contributed by atoms with Crippen LogP contribution in [0.15, 0.2) is 36.4 Å². The van der Waals surface area contributed by atoms with Crippen LogP contribution in [-0.4, -0.2) is 23.1 Å². The van der Waals surface area contributed by atoms with E-state index in [9.17, 15) is 4.39 Å². The van der Waals surface area contributed by atoms with Gasteiger partial charge in [0.2, 0.25) is 0 Å². The molecule has 0 fully saturated rings. The highest BCUT2D eigenvalue weighted by atomic mass is 35.5. The van der Waals surface area contributed by atoms with Crippen LogP contribution in [0.3, 0.4) is 0 Å². The number of fused-ring (bicyclic) bond motifs is 3. The Bertz CT molecular complexity index is 1020. The van der Waals surface area contributed by atoms with Crippen LogP contribution in [0.25, 0.3) is 22.7 Å². The maximum atomic E-state index is 13.2. The lowest BCUT2D eigenvalue weighted by molar-refractivity contribution is 0.312. The Labute approximate surface area is 162 Å². The van der Waals surface area contributed by atoms with Crippen LogP contribution in [0.1, 0.15) is 23.7 Å². The van der Waals surface area contributed by atoms with Crippen molar-refractivity contribution >= 4 is 45.9 Å². The van der Waals surface area contributed by atoms with E-state index in [1.807, 2.05) is 19.1 Å². The Kier molecular flexibility index (Phi) is 4.55. The third-order valence-electron chi connectivity index (χ3n) is 5.04. The number of allylic oxidation sites excluding steroid dienone is 1. The van der Waals surface area contributed by atoms with Gasteiger partial charge in [0.05, 0.1) is 15.6 Å². The normalized spacial score (nSPS) is 15.5. The van der Waals surface area contributed by atoms with E-state index >= 15 is 0 Å². The van der Waals surface area contributed by atoms with Gasteiger partial charge >= 0.3 is 0 Å². The van der Waals surface area contributed by atoms with E-state index in [0.29, 0.717) is 10.0 Å². The van der Waals surface area contributed by atoms with Gasteiger partial charge in [-0.2, -0.15) is 0 Å². The van der Waals surface area contributed by atoms with Crippen LogP contribution >= 0.6 is 23.2 Å². The van der Waals surface area contributed by atoms with E-state index in [4.69, 9.17) is 23.2 Å². The Morgan fingerprint density at radius 2 is 1.81 bits per heavy atom. The number of aromatic nitrogens is 1. The molecule has 2 nitrogen and oxygen atoms in total. The quantitative estimate of drug-likeness (QED) is 0.515. The fourth-order valence-corrected chi connectivity index (χ4v) is 3.97. The average Bonchev–Trinajstić information content (AvgIpc) is 2.88. The van der Waals surface area contributed by atoms with E-state index in [0.717, 1.165) is 41.5 Å². The van der Waals surface area contributed by atoms with Crippen molar-refractivity contribution in [3.63, 3.8) is 0 Å². The standard InChI is InChI=1S/C21H19Cl2FN2/c1-13(14-3-5-15(24)6-4-14)11-26-20-7-8-25(2)12-17(20)16-9-18(22)19(23)10-21(16)26/h3-6,9-11H,7-8,12H2,1-2H3/b13-11+. The van der Waals surface area contributed by atoms with E-state index in [1.54, 1.807) is 12.1 Å². The first kappa shape index (κ1) is 17.6. The second-order valence-corrected chi connectivity index (χ2v) is 7.70. The highest BCUT2D eigenvalue weighted by Gasteiger charge is 2.22. The summed E-state index contributed by atoms with van der Waals surface area (Å²) in [5, 5.41) is 2.27. The zero-order valence-electron chi connectivity index (χ0n) is 14.7. The number of benzene rings is 2. The molecule has 1 aliphatic rings. The third-order valence-corrected chi connectivity index (χ3v) is 5.77. The predicted octanol–water partition coefficient (Wildman–Crippen LogP) is 6.09. The Morgan fingerprint density at radius 1 is 1.12 bits per heavy atom. The number of halogens is 3. The van der Waals surface area contributed by atoms with Crippen LogP contribution < -0.4 is 0 Å². The minimum atomic E-state index is -0.227. The number of hydrogen-bond acceptors (Lipinski definition) is 1. The van der Waals surface area contributed by atoms with Crippen molar-refractivity contribution in [2.75, 3.05) is 13.6 Å². The predicted molar refractivity (Wildman–Crippen MR) is 108 cm³/mol. The van der Waals surface area contributed by atoms with Gasteiger partial charge in [0, 0.05) is 36.8 Å². The molecule has 0 N–H and O–H groups in total. The van der Waals surface area contributed by atoms with E-state index in [2.05, 4.69) is 22.7 Å². The summed E-state index contributed by atoms with van der Waals surface area (Å²) in [7, 11) is 2.13. The molecule has 0 amide bonds. The molecule has 2 aromatic carbocycles. The first-order valence-electron chi connectivity index (χ1n) is 8.57. The molecule has 0 saturated carbocycles. The molecule has 2 heterocycles. The molecule has 3 aromatic rings. The minimum Gasteiger partial charge on any atom is -0.320 e. The van der Waals surface area contributed by atoms with Gasteiger partial charge in [0.25, 0.3) is 0 Å². The topological polar surface area (TPSA) is 8.17 Å². The minimum absolute atomic E-state index is 0.227. The maximum absolute atomic E-state index is 13.2. The maximum Gasteiger partial charge on any atom is 0.123 e. The average molecular weight is 389 g/mol. The summed E-state index contributed by atoms with van der Waals surface area (Å²) in [6.45, 7) is 3.94. The van der Waals surface area contributed by atoms with Crippen LogP contribution in [0.5, 0.6) is 0 Å². The molecule has 26 heavy (non-hydrogen) atoms. The van der Waals surface area contributed by atoms with Gasteiger partial charge in [-0.1, -0.05) is 35.3 Å². The Hall–Kier alpha value is -1.81. The first-order valence-corrected chi connectivity index (χ1v) is 9.33. The molecule has 134 valence electrons. The van der Waals surface area contributed by atoms with Crippen molar-refractivity contribution in [3.05, 3.63) is 69.1 Å². The highest BCUT2D eigenvalue weighted by Crippen LogP contribution is 2.36. The summed E-state index contributed by atoms with van der Waals surface area (Å²) < 4.78 is 15.4. The summed E-state index contributed by atoms with van der Waals surface area (Å²) >= 11 is 12.6. The lowest BCUT2D eigenvalue weighted by Crippen LogP contribution is -2.26. The molecule has 0 saturated heterocycles. The SMILES string of the molecule is C/C(=C\n1c2c(c3cc(Cl)c(Cl)cc31)CN(C)CC2)c1ccc(F)cc1. The lowest BCUT2D eigenvalue weighted by atomic mass is 10.0. The molecule has 1 aliphatic heterocycles. The van der Waals surface area contributed by atoms with Gasteiger partial charge < -0.3 is 9.47 Å². The van der Waals surface area contributed by atoms with Crippen molar-refractivity contribution in [2.45, 2.75) is 19.9 Å². The molecule has 0 radical (unpaired) electrons. The molecule has 1 aromatic heterocycles. The summed E-state index contributed by atoms with van der Waals surface area (Å²) in [6.07, 6.45) is 3.08. The Morgan fingerprint density at radius 3 is 2.54 bits per heavy atom. The van der Waals surface area contributed by atoms with E-state index in [-0.39, 0.29) is 5.82 Å².